The lowest BCUT2D eigenvalue weighted by molar-refractivity contribution is 0.155. The zero-order valence-electron chi connectivity index (χ0n) is 11.2. The first-order valence-electron chi connectivity index (χ1n) is 6.35. The molecule has 0 aliphatic heterocycles. The Kier molecular flexibility index (Phi) is 6.61. The highest BCUT2D eigenvalue weighted by atomic mass is 19.1. The van der Waals surface area contributed by atoms with Gasteiger partial charge in [-0.1, -0.05) is 37.3 Å². The molecule has 0 saturated carbocycles. The molecule has 100 valence electrons. The van der Waals surface area contributed by atoms with Crippen molar-refractivity contribution in [3.63, 3.8) is 0 Å². The molecular formula is C15H22FNO. The quantitative estimate of drug-likeness (QED) is 0.564. The zero-order chi connectivity index (χ0) is 13.4. The molecule has 1 atom stereocenters. The summed E-state index contributed by atoms with van der Waals surface area (Å²) in [5, 5.41) is 3.31. The second kappa shape index (κ2) is 8.01. The van der Waals surface area contributed by atoms with E-state index in [0.717, 1.165) is 17.6 Å². The van der Waals surface area contributed by atoms with Gasteiger partial charge in [-0.25, -0.2) is 4.39 Å². The van der Waals surface area contributed by atoms with Crippen LogP contribution in [0.5, 0.6) is 0 Å². The lowest BCUT2D eigenvalue weighted by atomic mass is 10.0. The summed E-state index contributed by atoms with van der Waals surface area (Å²) in [5.41, 5.74) is 1.73. The van der Waals surface area contributed by atoms with Crippen molar-refractivity contribution in [2.75, 3.05) is 19.8 Å². The Bertz CT molecular complexity index is 379. The first kappa shape index (κ1) is 14.9. The molecular weight excluding hydrogens is 229 g/mol. The fraction of sp³-hybridized carbons (Fsp3) is 0.467. The molecule has 3 heteroatoms. The number of ether oxygens (including phenoxy) is 1. The molecule has 0 saturated heterocycles. The summed E-state index contributed by atoms with van der Waals surface area (Å²) in [6.07, 6.45) is 0.849. The Morgan fingerprint density at radius 1 is 1.44 bits per heavy atom. The van der Waals surface area contributed by atoms with Crippen LogP contribution in [0.15, 0.2) is 36.4 Å². The van der Waals surface area contributed by atoms with E-state index in [1.807, 2.05) is 26.0 Å². The van der Waals surface area contributed by atoms with Gasteiger partial charge in [0.05, 0.1) is 13.2 Å². The van der Waals surface area contributed by atoms with E-state index in [1.165, 1.54) is 6.07 Å². The normalized spacial score (nSPS) is 12.4. The summed E-state index contributed by atoms with van der Waals surface area (Å²) in [5.74, 6) is -0.153. The van der Waals surface area contributed by atoms with Crippen LogP contribution in [0.25, 0.3) is 0 Å². The van der Waals surface area contributed by atoms with Gasteiger partial charge >= 0.3 is 0 Å². The Morgan fingerprint density at radius 3 is 2.78 bits per heavy atom. The Balaban J connectivity index is 2.39. The van der Waals surface area contributed by atoms with Crippen LogP contribution in [0.2, 0.25) is 0 Å². The van der Waals surface area contributed by atoms with E-state index in [2.05, 4.69) is 11.9 Å². The monoisotopic (exact) mass is 251 g/mol. The van der Waals surface area contributed by atoms with Gasteiger partial charge in [-0.3, -0.25) is 0 Å². The molecule has 1 unspecified atom stereocenters. The van der Waals surface area contributed by atoms with E-state index in [1.54, 1.807) is 6.07 Å². The van der Waals surface area contributed by atoms with Crippen LogP contribution >= 0.6 is 0 Å². The van der Waals surface area contributed by atoms with Crippen molar-refractivity contribution in [2.45, 2.75) is 26.3 Å². The van der Waals surface area contributed by atoms with Gasteiger partial charge in [-0.05, 0) is 19.4 Å². The molecule has 1 rings (SSSR count). The summed E-state index contributed by atoms with van der Waals surface area (Å²) in [6, 6.07) is 6.93. The zero-order valence-corrected chi connectivity index (χ0v) is 11.2. The van der Waals surface area contributed by atoms with Gasteiger partial charge in [0, 0.05) is 18.2 Å². The van der Waals surface area contributed by atoms with Gasteiger partial charge in [0.15, 0.2) is 0 Å². The van der Waals surface area contributed by atoms with E-state index in [4.69, 9.17) is 4.74 Å². The minimum Gasteiger partial charge on any atom is -0.376 e. The molecule has 18 heavy (non-hydrogen) atoms. The third-order valence-electron chi connectivity index (χ3n) is 2.67. The van der Waals surface area contributed by atoms with Crippen LogP contribution in [0.4, 0.5) is 4.39 Å². The highest BCUT2D eigenvalue weighted by molar-refractivity contribution is 5.21. The Labute approximate surface area is 109 Å². The molecule has 0 spiro atoms. The standard InChI is InChI=1S/C15H22FNO/c1-4-15(13-7-5-6-8-14(13)16)17-9-10-18-11-12(2)3/h5-8,15,17H,2,4,9-11H2,1,3H3. The smallest absolute Gasteiger partial charge is 0.127 e. The van der Waals surface area contributed by atoms with Crippen molar-refractivity contribution in [1.82, 2.24) is 5.32 Å². The van der Waals surface area contributed by atoms with Crippen molar-refractivity contribution in [3.8, 4) is 0 Å². The molecule has 0 aliphatic rings. The van der Waals surface area contributed by atoms with E-state index < -0.39 is 0 Å². The molecule has 1 N–H and O–H groups in total. The second-order valence-electron chi connectivity index (χ2n) is 4.45. The van der Waals surface area contributed by atoms with Crippen molar-refractivity contribution >= 4 is 0 Å². The lowest BCUT2D eigenvalue weighted by Gasteiger charge is -2.18. The van der Waals surface area contributed by atoms with Crippen LogP contribution in [0.3, 0.4) is 0 Å². The second-order valence-corrected chi connectivity index (χ2v) is 4.45. The maximum absolute atomic E-state index is 13.6. The SMILES string of the molecule is C=C(C)COCCNC(CC)c1ccccc1F. The van der Waals surface area contributed by atoms with Crippen LogP contribution < -0.4 is 5.32 Å². The number of halogens is 1. The number of hydrogen-bond donors (Lipinski definition) is 1. The average molecular weight is 251 g/mol. The third-order valence-corrected chi connectivity index (χ3v) is 2.67. The first-order chi connectivity index (χ1) is 8.65. The molecule has 0 fully saturated rings. The van der Waals surface area contributed by atoms with Gasteiger partial charge in [0.25, 0.3) is 0 Å². The van der Waals surface area contributed by atoms with Gasteiger partial charge in [0.1, 0.15) is 5.82 Å². The van der Waals surface area contributed by atoms with Crippen LogP contribution in [-0.4, -0.2) is 19.8 Å². The molecule has 1 aromatic rings. The maximum Gasteiger partial charge on any atom is 0.127 e. The minimum absolute atomic E-state index is 0.0413. The molecule has 1 aromatic carbocycles. The topological polar surface area (TPSA) is 21.3 Å². The van der Waals surface area contributed by atoms with Gasteiger partial charge in [-0.2, -0.15) is 0 Å². The van der Waals surface area contributed by atoms with Crippen LogP contribution in [0.1, 0.15) is 31.9 Å². The third kappa shape index (κ3) is 4.98. The van der Waals surface area contributed by atoms with Gasteiger partial charge < -0.3 is 10.1 Å². The number of nitrogens with one attached hydrogen (secondary N) is 1. The highest BCUT2D eigenvalue weighted by Gasteiger charge is 2.12. The average Bonchev–Trinajstić information content (AvgIpc) is 2.35. The fourth-order valence-electron chi connectivity index (χ4n) is 1.78. The molecule has 0 radical (unpaired) electrons. The summed E-state index contributed by atoms with van der Waals surface area (Å²) in [7, 11) is 0. The molecule has 0 bridgehead atoms. The van der Waals surface area contributed by atoms with E-state index in [-0.39, 0.29) is 11.9 Å². The van der Waals surface area contributed by atoms with E-state index in [0.29, 0.717) is 19.8 Å². The number of hydrogen-bond acceptors (Lipinski definition) is 2. The fourth-order valence-corrected chi connectivity index (χ4v) is 1.78. The largest absolute Gasteiger partial charge is 0.376 e. The number of rotatable bonds is 8. The van der Waals surface area contributed by atoms with Gasteiger partial charge in [0.2, 0.25) is 0 Å². The summed E-state index contributed by atoms with van der Waals surface area (Å²) < 4.78 is 19.0. The number of benzene rings is 1. The predicted molar refractivity (Wildman–Crippen MR) is 73.1 cm³/mol. The van der Waals surface area contributed by atoms with Crippen LogP contribution in [0, 0.1) is 5.82 Å². The Morgan fingerprint density at radius 2 is 2.17 bits per heavy atom. The van der Waals surface area contributed by atoms with Crippen molar-refractivity contribution in [2.24, 2.45) is 0 Å². The molecule has 2 nitrogen and oxygen atoms in total. The first-order valence-corrected chi connectivity index (χ1v) is 6.35. The van der Waals surface area contributed by atoms with E-state index in [9.17, 15) is 4.39 Å². The summed E-state index contributed by atoms with van der Waals surface area (Å²) in [4.78, 5) is 0. The lowest BCUT2D eigenvalue weighted by Crippen LogP contribution is -2.25. The van der Waals surface area contributed by atoms with Crippen molar-refractivity contribution in [3.05, 3.63) is 47.8 Å². The van der Waals surface area contributed by atoms with E-state index >= 15 is 0 Å². The van der Waals surface area contributed by atoms with Gasteiger partial charge in [-0.15, -0.1) is 0 Å². The molecule has 0 aliphatic carbocycles. The van der Waals surface area contributed by atoms with Crippen molar-refractivity contribution in [1.29, 1.82) is 0 Å². The van der Waals surface area contributed by atoms with Crippen molar-refractivity contribution < 1.29 is 9.13 Å². The predicted octanol–water partition coefficient (Wildman–Crippen LogP) is 3.46. The van der Waals surface area contributed by atoms with Crippen LogP contribution in [-0.2, 0) is 4.74 Å². The molecule has 0 aromatic heterocycles. The maximum atomic E-state index is 13.6. The highest BCUT2D eigenvalue weighted by Crippen LogP contribution is 2.19. The molecule has 0 amide bonds. The summed E-state index contributed by atoms with van der Waals surface area (Å²) in [6.45, 7) is 9.64. The minimum atomic E-state index is -0.153. The summed E-state index contributed by atoms with van der Waals surface area (Å²) >= 11 is 0. The Hall–Kier alpha value is -1.19. The molecule has 0 heterocycles.